The van der Waals surface area contributed by atoms with Gasteiger partial charge in [0, 0.05) is 36.9 Å². The zero-order valence-electron chi connectivity index (χ0n) is 17.5. The second-order valence-electron chi connectivity index (χ2n) is 9.02. The molecule has 4 heterocycles. The highest BCUT2D eigenvalue weighted by Gasteiger charge is 2.53. The number of aromatic nitrogens is 2. The highest BCUT2D eigenvalue weighted by atomic mass is 19.2. The van der Waals surface area contributed by atoms with E-state index >= 15 is 0 Å². The van der Waals surface area contributed by atoms with E-state index in [0.717, 1.165) is 29.4 Å². The summed E-state index contributed by atoms with van der Waals surface area (Å²) >= 11 is 0. The van der Waals surface area contributed by atoms with E-state index in [1.165, 1.54) is 12.1 Å². The molecule has 1 saturated heterocycles. The number of carbonyl (C=O) groups excluding carboxylic acids is 1. The Bertz CT molecular complexity index is 1210. The van der Waals surface area contributed by atoms with Gasteiger partial charge in [-0.1, -0.05) is 0 Å². The number of aromatic amines is 1. The lowest BCUT2D eigenvalue weighted by Crippen LogP contribution is -2.55. The maximum absolute atomic E-state index is 14.2. The van der Waals surface area contributed by atoms with Crippen LogP contribution in [0, 0.1) is 17.6 Å². The van der Waals surface area contributed by atoms with Crippen molar-refractivity contribution in [1.29, 1.82) is 0 Å². The van der Waals surface area contributed by atoms with Crippen LogP contribution in [-0.4, -0.2) is 39.9 Å². The van der Waals surface area contributed by atoms with Crippen LogP contribution < -0.4 is 5.32 Å². The molecule has 1 aliphatic carbocycles. The van der Waals surface area contributed by atoms with Gasteiger partial charge in [-0.05, 0) is 66.8 Å². The number of rotatable bonds is 4. The zero-order valence-corrected chi connectivity index (χ0v) is 17.5. The molecular formula is C24H24F2N4O2. The van der Waals surface area contributed by atoms with E-state index in [4.69, 9.17) is 4.74 Å². The summed E-state index contributed by atoms with van der Waals surface area (Å²) in [7, 11) is 0. The number of halogens is 2. The van der Waals surface area contributed by atoms with Gasteiger partial charge in [-0.15, -0.1) is 0 Å². The lowest BCUT2D eigenvalue weighted by molar-refractivity contribution is -0.157. The summed E-state index contributed by atoms with van der Waals surface area (Å²) in [6, 6.07) is 6.52. The topological polar surface area (TPSA) is 70.2 Å². The highest BCUT2D eigenvalue weighted by molar-refractivity contribution is 5.84. The Morgan fingerprint density at radius 3 is 2.97 bits per heavy atom. The molecule has 32 heavy (non-hydrogen) atoms. The van der Waals surface area contributed by atoms with Gasteiger partial charge in [0.05, 0.1) is 12.5 Å². The third kappa shape index (κ3) is 3.04. The molecule has 1 spiro atoms. The summed E-state index contributed by atoms with van der Waals surface area (Å²) in [4.78, 5) is 23.4. The predicted molar refractivity (Wildman–Crippen MR) is 113 cm³/mol. The number of fused-ring (bicyclic) bond motifs is 3. The summed E-state index contributed by atoms with van der Waals surface area (Å²) in [5, 5.41) is 4.32. The van der Waals surface area contributed by atoms with Crippen LogP contribution in [0.15, 0.2) is 36.7 Å². The number of amides is 1. The summed E-state index contributed by atoms with van der Waals surface area (Å²) in [5.74, 6) is -2.29. The normalized spacial score (nSPS) is 24.8. The minimum absolute atomic E-state index is 0.00414. The van der Waals surface area contributed by atoms with Gasteiger partial charge in [-0.25, -0.2) is 13.8 Å². The number of nitrogens with zero attached hydrogens (tertiary/aromatic N) is 2. The maximum Gasteiger partial charge on any atom is 0.230 e. The number of benzene rings is 1. The van der Waals surface area contributed by atoms with Crippen LogP contribution in [0.25, 0.3) is 11.0 Å². The number of carbonyl (C=O) groups is 1. The van der Waals surface area contributed by atoms with Crippen LogP contribution in [0.1, 0.15) is 36.0 Å². The predicted octanol–water partition coefficient (Wildman–Crippen LogP) is 3.37. The Labute approximate surface area is 184 Å². The Balaban J connectivity index is 1.36. The largest absolute Gasteiger partial charge is 0.365 e. The molecule has 6 nitrogen and oxygen atoms in total. The first kappa shape index (κ1) is 19.8. The third-order valence-corrected chi connectivity index (χ3v) is 7.12. The second kappa shape index (κ2) is 7.35. The number of hydrogen-bond donors (Lipinski definition) is 2. The molecule has 0 bridgehead atoms. The molecule has 2 aliphatic heterocycles. The Hall–Kier alpha value is -2.84. The molecule has 1 amide bonds. The first-order valence-corrected chi connectivity index (χ1v) is 11.1. The van der Waals surface area contributed by atoms with Gasteiger partial charge < -0.3 is 19.9 Å². The van der Waals surface area contributed by atoms with Crippen LogP contribution in [0.2, 0.25) is 0 Å². The monoisotopic (exact) mass is 438 g/mol. The fourth-order valence-electron chi connectivity index (χ4n) is 5.33. The van der Waals surface area contributed by atoms with E-state index in [9.17, 15) is 13.6 Å². The number of nitrogens with one attached hydrogen (secondary N) is 2. The van der Waals surface area contributed by atoms with Gasteiger partial charge in [0.15, 0.2) is 11.6 Å². The summed E-state index contributed by atoms with van der Waals surface area (Å²) in [5.41, 5.74) is 2.13. The molecule has 166 valence electrons. The van der Waals surface area contributed by atoms with Crippen LogP contribution in [0.4, 0.5) is 8.78 Å². The van der Waals surface area contributed by atoms with Crippen molar-refractivity contribution in [2.45, 2.75) is 44.1 Å². The zero-order chi connectivity index (χ0) is 21.9. The molecular weight excluding hydrogens is 414 g/mol. The van der Waals surface area contributed by atoms with Crippen molar-refractivity contribution in [1.82, 2.24) is 20.2 Å². The Morgan fingerprint density at radius 1 is 1.28 bits per heavy atom. The van der Waals surface area contributed by atoms with Crippen molar-refractivity contribution in [3.05, 3.63) is 65.0 Å². The van der Waals surface area contributed by atoms with Gasteiger partial charge in [-0.3, -0.25) is 4.79 Å². The fourth-order valence-corrected chi connectivity index (χ4v) is 5.33. The first-order valence-electron chi connectivity index (χ1n) is 11.1. The van der Waals surface area contributed by atoms with E-state index in [2.05, 4.69) is 15.3 Å². The van der Waals surface area contributed by atoms with E-state index in [1.54, 1.807) is 6.20 Å². The number of ether oxygens (including phenoxy) is 1. The maximum atomic E-state index is 14.2. The molecule has 3 aromatic rings. The smallest absolute Gasteiger partial charge is 0.230 e. The lowest BCUT2D eigenvalue weighted by atomic mass is 9.75. The summed E-state index contributed by atoms with van der Waals surface area (Å²) in [6.45, 7) is 1.76. The average Bonchev–Trinajstić information content (AvgIpc) is 3.49. The molecule has 1 saturated carbocycles. The molecule has 2 aromatic heterocycles. The van der Waals surface area contributed by atoms with Crippen LogP contribution in [0.3, 0.4) is 0 Å². The van der Waals surface area contributed by atoms with Crippen LogP contribution >= 0.6 is 0 Å². The number of piperidine rings is 1. The second-order valence-corrected chi connectivity index (χ2v) is 9.02. The molecule has 6 rings (SSSR count). The first-order chi connectivity index (χ1) is 15.6. The average molecular weight is 438 g/mol. The molecule has 2 N–H and O–H groups in total. The van der Waals surface area contributed by atoms with Gasteiger partial charge in [0.2, 0.25) is 5.91 Å². The third-order valence-electron chi connectivity index (χ3n) is 7.12. The molecule has 0 radical (unpaired) electrons. The SMILES string of the molecule is O=C(C1CNCCC12OCc1cc(F)c(F)cc12)N(Cc1c[nH]c2ncccc12)C1CC1. The Morgan fingerprint density at radius 2 is 2.12 bits per heavy atom. The molecule has 2 unspecified atom stereocenters. The fraction of sp³-hybridized carbons (Fsp3) is 0.417. The van der Waals surface area contributed by atoms with Gasteiger partial charge in [-0.2, -0.15) is 0 Å². The minimum atomic E-state index is -0.929. The van der Waals surface area contributed by atoms with E-state index < -0.39 is 23.2 Å². The van der Waals surface area contributed by atoms with Crippen molar-refractivity contribution in [3.63, 3.8) is 0 Å². The Kier molecular flexibility index (Phi) is 4.55. The highest BCUT2D eigenvalue weighted by Crippen LogP contribution is 2.48. The molecule has 1 aromatic carbocycles. The van der Waals surface area contributed by atoms with Gasteiger partial charge >= 0.3 is 0 Å². The number of pyridine rings is 1. The van der Waals surface area contributed by atoms with E-state index in [1.807, 2.05) is 23.2 Å². The molecule has 3 aliphatic rings. The van der Waals surface area contributed by atoms with E-state index in [0.29, 0.717) is 37.2 Å². The van der Waals surface area contributed by atoms with Crippen molar-refractivity contribution < 1.29 is 18.3 Å². The molecule has 2 fully saturated rings. The van der Waals surface area contributed by atoms with Gasteiger partial charge in [0.25, 0.3) is 0 Å². The van der Waals surface area contributed by atoms with Crippen molar-refractivity contribution in [3.8, 4) is 0 Å². The summed E-state index contributed by atoms with van der Waals surface area (Å²) in [6.07, 6.45) is 6.13. The lowest BCUT2D eigenvalue weighted by Gasteiger charge is -2.42. The standard InChI is InChI=1S/C24H24F2N4O2/c25-20-8-14-13-32-24(18(14)9-21(20)26)5-7-27-11-19(24)23(31)30(16-3-4-16)12-15-10-29-22-17(15)2-1-6-28-22/h1-2,6,8-10,16,19,27H,3-5,7,11-13H2,(H,28,29). The minimum Gasteiger partial charge on any atom is -0.365 e. The van der Waals surface area contributed by atoms with Crippen LogP contribution in [0.5, 0.6) is 0 Å². The van der Waals surface area contributed by atoms with Gasteiger partial charge in [0.1, 0.15) is 11.2 Å². The van der Waals surface area contributed by atoms with Crippen LogP contribution in [-0.2, 0) is 28.3 Å². The quantitative estimate of drug-likeness (QED) is 0.655. The number of H-pyrrole nitrogens is 1. The van der Waals surface area contributed by atoms with E-state index in [-0.39, 0.29) is 18.6 Å². The van der Waals surface area contributed by atoms with Crippen molar-refractivity contribution >= 4 is 16.9 Å². The summed E-state index contributed by atoms with van der Waals surface area (Å²) < 4.78 is 34.2. The molecule has 2 atom stereocenters. The molecule has 8 heteroatoms. The van der Waals surface area contributed by atoms with Crippen molar-refractivity contribution in [2.75, 3.05) is 13.1 Å². The van der Waals surface area contributed by atoms with Crippen molar-refractivity contribution in [2.24, 2.45) is 5.92 Å². The number of hydrogen-bond acceptors (Lipinski definition) is 4.